The second-order valence-corrected chi connectivity index (χ2v) is 6.64. The number of morpholine rings is 1. The Morgan fingerprint density at radius 2 is 2.00 bits per heavy atom. The van der Waals surface area contributed by atoms with Crippen LogP contribution in [0.25, 0.3) is 0 Å². The average molecular weight is 317 g/mol. The zero-order valence-electron chi connectivity index (χ0n) is 13.2. The molecule has 1 aromatic carbocycles. The van der Waals surface area contributed by atoms with E-state index in [1.54, 1.807) is 0 Å². The number of ether oxygens (including phenoxy) is 1. The van der Waals surface area contributed by atoms with Gasteiger partial charge in [-0.25, -0.2) is 0 Å². The van der Waals surface area contributed by atoms with Gasteiger partial charge in [-0.15, -0.1) is 0 Å². The summed E-state index contributed by atoms with van der Waals surface area (Å²) < 4.78 is 5.48. The van der Waals surface area contributed by atoms with E-state index in [2.05, 4.69) is 12.1 Å². The quantitative estimate of drug-likeness (QED) is 0.903. The molecule has 2 fully saturated rings. The minimum Gasteiger partial charge on any atom is -0.481 e. The van der Waals surface area contributed by atoms with Crippen LogP contribution in [0.15, 0.2) is 30.3 Å². The van der Waals surface area contributed by atoms with E-state index in [1.165, 1.54) is 5.56 Å². The molecule has 1 N–H and O–H groups in total. The molecule has 1 aliphatic heterocycles. The number of carbonyl (C=O) groups excluding carboxylic acids is 1. The molecule has 124 valence electrons. The molecule has 1 unspecified atom stereocenters. The molecule has 1 aromatic rings. The molecular weight excluding hydrogens is 294 g/mol. The summed E-state index contributed by atoms with van der Waals surface area (Å²) >= 11 is 0. The molecule has 2 aliphatic rings. The Bertz CT molecular complexity index is 568. The number of nitrogens with zero attached hydrogens (tertiary/aromatic N) is 1. The molecule has 1 aliphatic carbocycles. The van der Waals surface area contributed by atoms with Gasteiger partial charge in [0.25, 0.3) is 0 Å². The lowest BCUT2D eigenvalue weighted by Gasteiger charge is -2.45. The number of carbonyl (C=O) groups is 2. The number of carboxylic acids is 1. The Morgan fingerprint density at radius 3 is 2.61 bits per heavy atom. The number of hydrogen-bond donors (Lipinski definition) is 1. The fourth-order valence-corrected chi connectivity index (χ4v) is 3.61. The number of rotatable bonds is 5. The molecule has 1 saturated carbocycles. The maximum Gasteiger partial charge on any atom is 0.306 e. The summed E-state index contributed by atoms with van der Waals surface area (Å²) in [6.45, 7) is 1.37. The Labute approximate surface area is 136 Å². The van der Waals surface area contributed by atoms with Gasteiger partial charge in [0.15, 0.2) is 0 Å². The summed E-state index contributed by atoms with van der Waals surface area (Å²) in [6, 6.07) is 10.1. The summed E-state index contributed by atoms with van der Waals surface area (Å²) in [6.07, 6.45) is 3.26. The first-order valence-corrected chi connectivity index (χ1v) is 8.26. The maximum atomic E-state index is 13.1. The molecule has 1 heterocycles. The van der Waals surface area contributed by atoms with E-state index in [1.807, 2.05) is 23.1 Å². The van der Waals surface area contributed by atoms with E-state index in [-0.39, 0.29) is 23.8 Å². The predicted molar refractivity (Wildman–Crippen MR) is 85.0 cm³/mol. The number of hydrogen-bond acceptors (Lipinski definition) is 3. The van der Waals surface area contributed by atoms with Crippen molar-refractivity contribution in [3.8, 4) is 0 Å². The smallest absolute Gasteiger partial charge is 0.306 e. The molecule has 1 amide bonds. The fraction of sp³-hybridized carbons (Fsp3) is 0.556. The van der Waals surface area contributed by atoms with E-state index in [9.17, 15) is 9.59 Å². The van der Waals surface area contributed by atoms with E-state index in [4.69, 9.17) is 9.84 Å². The Morgan fingerprint density at radius 1 is 1.26 bits per heavy atom. The first-order chi connectivity index (χ1) is 11.1. The van der Waals surface area contributed by atoms with Crippen molar-refractivity contribution in [1.82, 2.24) is 4.90 Å². The van der Waals surface area contributed by atoms with E-state index in [0.29, 0.717) is 19.7 Å². The van der Waals surface area contributed by atoms with Crippen LogP contribution in [0.5, 0.6) is 0 Å². The Hall–Kier alpha value is -1.88. The lowest BCUT2D eigenvalue weighted by molar-refractivity contribution is -0.158. The van der Waals surface area contributed by atoms with Gasteiger partial charge in [-0.2, -0.15) is 0 Å². The Balaban J connectivity index is 1.68. The first-order valence-electron chi connectivity index (χ1n) is 8.26. The first kappa shape index (κ1) is 16.0. The van der Waals surface area contributed by atoms with Crippen LogP contribution in [0.1, 0.15) is 31.2 Å². The van der Waals surface area contributed by atoms with Gasteiger partial charge >= 0.3 is 5.97 Å². The van der Waals surface area contributed by atoms with Crippen molar-refractivity contribution in [3.63, 3.8) is 0 Å². The molecule has 0 radical (unpaired) electrons. The van der Waals surface area contributed by atoms with Crippen molar-refractivity contribution in [2.24, 2.45) is 5.41 Å². The molecule has 23 heavy (non-hydrogen) atoms. The lowest BCUT2D eigenvalue weighted by Crippen LogP contribution is -2.54. The van der Waals surface area contributed by atoms with Crippen LogP contribution in [0.2, 0.25) is 0 Å². The van der Waals surface area contributed by atoms with Gasteiger partial charge in [-0.1, -0.05) is 36.8 Å². The van der Waals surface area contributed by atoms with Crippen molar-refractivity contribution in [1.29, 1.82) is 0 Å². The normalized spacial score (nSPS) is 23.1. The summed E-state index contributed by atoms with van der Waals surface area (Å²) in [5, 5.41) is 8.92. The zero-order chi connectivity index (χ0) is 16.3. The van der Waals surface area contributed by atoms with Crippen LogP contribution < -0.4 is 0 Å². The highest BCUT2D eigenvalue weighted by Gasteiger charge is 2.46. The maximum absolute atomic E-state index is 13.1. The number of carboxylic acid groups (broad SMARTS) is 1. The molecule has 5 heteroatoms. The fourth-order valence-electron chi connectivity index (χ4n) is 3.61. The average Bonchev–Trinajstić information content (AvgIpc) is 2.51. The summed E-state index contributed by atoms with van der Waals surface area (Å²) in [4.78, 5) is 25.7. The minimum atomic E-state index is -0.882. The van der Waals surface area contributed by atoms with Crippen LogP contribution in [0.3, 0.4) is 0 Å². The van der Waals surface area contributed by atoms with E-state index in [0.717, 1.165) is 25.7 Å². The Kier molecular flexibility index (Phi) is 4.66. The monoisotopic (exact) mass is 317 g/mol. The highest BCUT2D eigenvalue weighted by molar-refractivity contribution is 5.84. The minimum absolute atomic E-state index is 0.0462. The van der Waals surface area contributed by atoms with Crippen molar-refractivity contribution in [3.05, 3.63) is 35.9 Å². The molecule has 0 aromatic heterocycles. The highest BCUT2D eigenvalue weighted by atomic mass is 16.5. The topological polar surface area (TPSA) is 66.8 Å². The van der Waals surface area contributed by atoms with Crippen LogP contribution in [0, 0.1) is 5.41 Å². The third kappa shape index (κ3) is 3.55. The molecule has 0 bridgehead atoms. The van der Waals surface area contributed by atoms with Crippen LogP contribution in [0.4, 0.5) is 0 Å². The highest BCUT2D eigenvalue weighted by Crippen LogP contribution is 2.45. The van der Waals surface area contributed by atoms with Crippen molar-refractivity contribution in [2.75, 3.05) is 19.7 Å². The van der Waals surface area contributed by atoms with Crippen LogP contribution in [-0.2, 0) is 20.7 Å². The largest absolute Gasteiger partial charge is 0.481 e. The second-order valence-electron chi connectivity index (χ2n) is 6.64. The van der Waals surface area contributed by atoms with Gasteiger partial charge < -0.3 is 14.7 Å². The summed E-state index contributed by atoms with van der Waals surface area (Å²) in [5.41, 5.74) is 0.892. The molecule has 0 spiro atoms. The summed E-state index contributed by atoms with van der Waals surface area (Å²) in [7, 11) is 0. The van der Waals surface area contributed by atoms with Gasteiger partial charge in [-0.05, 0) is 24.8 Å². The molecule has 1 saturated heterocycles. The van der Waals surface area contributed by atoms with Gasteiger partial charge in [-0.3, -0.25) is 9.59 Å². The second kappa shape index (κ2) is 6.71. The van der Waals surface area contributed by atoms with Crippen LogP contribution >= 0.6 is 0 Å². The van der Waals surface area contributed by atoms with Crippen molar-refractivity contribution >= 4 is 11.9 Å². The van der Waals surface area contributed by atoms with Crippen LogP contribution in [-0.4, -0.2) is 47.7 Å². The van der Waals surface area contributed by atoms with E-state index < -0.39 is 5.97 Å². The lowest BCUT2D eigenvalue weighted by atomic mass is 9.64. The van der Waals surface area contributed by atoms with Gasteiger partial charge in [0, 0.05) is 13.1 Å². The number of amides is 1. The van der Waals surface area contributed by atoms with Gasteiger partial charge in [0.2, 0.25) is 5.91 Å². The number of aliphatic carboxylic acids is 1. The van der Waals surface area contributed by atoms with Gasteiger partial charge in [0.05, 0.1) is 24.5 Å². The predicted octanol–water partition coefficient (Wildman–Crippen LogP) is 2.10. The standard InChI is InChI=1S/C18H23NO4/c20-16(21)11-15-13-19(9-10-23-15)17(22)18(7-4-8-18)12-14-5-2-1-3-6-14/h1-3,5-6,15H,4,7-13H2,(H,20,21). The molecular formula is C18H23NO4. The van der Waals surface area contributed by atoms with Crippen molar-refractivity contribution in [2.45, 2.75) is 38.2 Å². The third-order valence-corrected chi connectivity index (χ3v) is 4.98. The van der Waals surface area contributed by atoms with Crippen molar-refractivity contribution < 1.29 is 19.4 Å². The van der Waals surface area contributed by atoms with E-state index >= 15 is 0 Å². The van der Waals surface area contributed by atoms with Gasteiger partial charge in [0.1, 0.15) is 0 Å². The molecule has 1 atom stereocenters. The molecule has 5 nitrogen and oxygen atoms in total. The molecule has 3 rings (SSSR count). The number of benzene rings is 1. The third-order valence-electron chi connectivity index (χ3n) is 4.98. The SMILES string of the molecule is O=C(O)CC1CN(C(=O)C2(Cc3ccccc3)CCC2)CCO1. The zero-order valence-corrected chi connectivity index (χ0v) is 13.2. The summed E-state index contributed by atoms with van der Waals surface area (Å²) in [5.74, 6) is -0.710.